The van der Waals surface area contributed by atoms with Crippen LogP contribution in [0.4, 0.5) is 5.69 Å². The van der Waals surface area contributed by atoms with Crippen LogP contribution in [0.15, 0.2) is 54.9 Å². The number of aromatic nitrogens is 4. The number of H-pyrrole nitrogens is 1. The van der Waals surface area contributed by atoms with E-state index in [1.54, 1.807) is 17.2 Å². The SMILES string of the molecule is COc1cnc(-c2cc(CO)[nH]n2)c2c1C(C(=O)C(=O)N1CCc3c(cccc3-c3ccccn3)C1)CN2. The van der Waals surface area contributed by atoms with Gasteiger partial charge in [0.2, 0.25) is 5.78 Å². The summed E-state index contributed by atoms with van der Waals surface area (Å²) in [6.45, 7) is 0.880. The smallest absolute Gasteiger partial charge is 0.290 e. The van der Waals surface area contributed by atoms with Gasteiger partial charge in [-0.2, -0.15) is 5.10 Å². The van der Waals surface area contributed by atoms with Gasteiger partial charge in [-0.25, -0.2) is 4.98 Å². The number of carbonyl (C=O) groups excluding carboxylic acids is 2. The third-order valence-corrected chi connectivity index (χ3v) is 7.20. The number of nitrogens with zero attached hydrogens (tertiary/aromatic N) is 4. The molecule has 10 heteroatoms. The maximum atomic E-state index is 13.6. The number of benzene rings is 1. The van der Waals surface area contributed by atoms with Crippen molar-refractivity contribution in [2.45, 2.75) is 25.5 Å². The summed E-state index contributed by atoms with van der Waals surface area (Å²) in [6.07, 6.45) is 3.95. The molecule has 0 aliphatic carbocycles. The maximum Gasteiger partial charge on any atom is 0.290 e. The lowest BCUT2D eigenvalue weighted by molar-refractivity contribution is -0.145. The predicted octanol–water partition coefficient (Wildman–Crippen LogP) is 2.70. The minimum Gasteiger partial charge on any atom is -0.495 e. The molecule has 0 bridgehead atoms. The van der Waals surface area contributed by atoms with Crippen molar-refractivity contribution >= 4 is 17.4 Å². The molecule has 0 saturated carbocycles. The molecule has 2 aliphatic heterocycles. The first-order chi connectivity index (χ1) is 18.6. The second-order valence-electron chi connectivity index (χ2n) is 9.33. The number of rotatable bonds is 6. The zero-order chi connectivity index (χ0) is 26.2. The summed E-state index contributed by atoms with van der Waals surface area (Å²) in [5.74, 6) is -1.29. The number of carbonyl (C=O) groups is 2. The van der Waals surface area contributed by atoms with Crippen molar-refractivity contribution in [2.24, 2.45) is 0 Å². The van der Waals surface area contributed by atoms with Crippen LogP contribution in [0.5, 0.6) is 5.75 Å². The molecule has 2 aliphatic rings. The first-order valence-electron chi connectivity index (χ1n) is 12.4. The standard InChI is InChI=1S/C28H26N6O4/c1-38-23-13-31-25(22-11-17(15-35)32-33-22)26-24(23)20(12-30-26)27(36)28(37)34-10-8-18-16(14-34)5-4-6-19(18)21-7-2-3-9-29-21/h2-7,9,11,13,20,30,35H,8,10,12,14-15H2,1H3,(H,32,33). The number of aromatic amines is 1. The molecule has 192 valence electrons. The summed E-state index contributed by atoms with van der Waals surface area (Å²) in [4.78, 5) is 37.7. The van der Waals surface area contributed by atoms with Crippen molar-refractivity contribution in [3.8, 4) is 28.4 Å². The molecule has 3 N–H and O–H groups in total. The number of ketones is 1. The Hall–Kier alpha value is -4.57. The van der Waals surface area contributed by atoms with Crippen molar-refractivity contribution in [1.82, 2.24) is 25.1 Å². The highest BCUT2D eigenvalue weighted by Gasteiger charge is 2.39. The van der Waals surface area contributed by atoms with E-state index in [9.17, 15) is 14.7 Å². The average Bonchev–Trinajstić information content (AvgIpc) is 3.64. The fourth-order valence-electron chi connectivity index (χ4n) is 5.33. The van der Waals surface area contributed by atoms with Crippen LogP contribution in [-0.4, -0.2) is 62.1 Å². The molecule has 1 unspecified atom stereocenters. The molecule has 3 aromatic heterocycles. The van der Waals surface area contributed by atoms with Crippen LogP contribution in [0.2, 0.25) is 0 Å². The zero-order valence-electron chi connectivity index (χ0n) is 20.8. The third kappa shape index (κ3) is 3.99. The largest absolute Gasteiger partial charge is 0.495 e. The number of ether oxygens (including phenoxy) is 1. The fourth-order valence-corrected chi connectivity index (χ4v) is 5.33. The number of amides is 1. The predicted molar refractivity (Wildman–Crippen MR) is 139 cm³/mol. The number of anilines is 1. The topological polar surface area (TPSA) is 133 Å². The molecule has 0 fully saturated rings. The Labute approximate surface area is 218 Å². The summed E-state index contributed by atoms with van der Waals surface area (Å²) >= 11 is 0. The molecule has 0 saturated heterocycles. The highest BCUT2D eigenvalue weighted by Crippen LogP contribution is 2.43. The zero-order valence-corrected chi connectivity index (χ0v) is 20.8. The lowest BCUT2D eigenvalue weighted by Gasteiger charge is -2.30. The van der Waals surface area contributed by atoms with Gasteiger partial charge in [-0.15, -0.1) is 0 Å². The quantitative estimate of drug-likeness (QED) is 0.337. The Balaban J connectivity index is 1.27. The summed E-state index contributed by atoms with van der Waals surface area (Å²) in [7, 11) is 1.51. The van der Waals surface area contributed by atoms with E-state index in [0.29, 0.717) is 53.6 Å². The normalized spacial score (nSPS) is 15.9. The van der Waals surface area contributed by atoms with Crippen molar-refractivity contribution in [3.05, 3.63) is 77.2 Å². The molecular formula is C28H26N6O4. The van der Waals surface area contributed by atoms with Gasteiger partial charge < -0.3 is 20.1 Å². The van der Waals surface area contributed by atoms with Gasteiger partial charge in [0, 0.05) is 37.0 Å². The minimum absolute atomic E-state index is 0.184. The van der Waals surface area contributed by atoms with E-state index < -0.39 is 17.6 Å². The number of Topliss-reactive ketones (excluding diaryl/α,β-unsaturated/α-hetero) is 1. The number of aliphatic hydroxyl groups excluding tert-OH is 1. The molecule has 0 spiro atoms. The van der Waals surface area contributed by atoms with Gasteiger partial charge in [-0.05, 0) is 35.7 Å². The van der Waals surface area contributed by atoms with Gasteiger partial charge >= 0.3 is 0 Å². The number of fused-ring (bicyclic) bond motifs is 2. The van der Waals surface area contributed by atoms with Gasteiger partial charge in [0.15, 0.2) is 0 Å². The molecule has 10 nitrogen and oxygen atoms in total. The number of hydrogen-bond acceptors (Lipinski definition) is 8. The van der Waals surface area contributed by atoms with Crippen LogP contribution in [-0.2, 0) is 29.2 Å². The van der Waals surface area contributed by atoms with E-state index in [0.717, 1.165) is 22.4 Å². The molecule has 1 amide bonds. The molecule has 4 aromatic rings. The summed E-state index contributed by atoms with van der Waals surface area (Å²) in [5.41, 5.74) is 6.93. The van der Waals surface area contributed by atoms with Crippen LogP contribution in [0.1, 0.15) is 28.3 Å². The molecule has 5 heterocycles. The Morgan fingerprint density at radius 3 is 2.82 bits per heavy atom. The second kappa shape index (κ2) is 9.71. The number of aliphatic hydroxyl groups is 1. The van der Waals surface area contributed by atoms with Crippen LogP contribution in [0.25, 0.3) is 22.6 Å². The Bertz CT molecular complexity index is 1530. The molecule has 1 atom stereocenters. The lowest BCUT2D eigenvalue weighted by Crippen LogP contribution is -2.42. The van der Waals surface area contributed by atoms with E-state index >= 15 is 0 Å². The molecule has 38 heavy (non-hydrogen) atoms. The van der Waals surface area contributed by atoms with Gasteiger partial charge in [0.05, 0.1) is 42.9 Å². The molecule has 0 radical (unpaired) electrons. The summed E-state index contributed by atoms with van der Waals surface area (Å²) in [6, 6.07) is 13.5. The highest BCUT2D eigenvalue weighted by atomic mass is 16.5. The average molecular weight is 511 g/mol. The van der Waals surface area contributed by atoms with E-state index in [1.807, 2.05) is 36.4 Å². The first kappa shape index (κ1) is 23.8. The van der Waals surface area contributed by atoms with E-state index in [1.165, 1.54) is 13.3 Å². The van der Waals surface area contributed by atoms with Crippen LogP contribution in [0, 0.1) is 0 Å². The van der Waals surface area contributed by atoms with Gasteiger partial charge in [0.25, 0.3) is 5.91 Å². The van der Waals surface area contributed by atoms with Crippen molar-refractivity contribution in [1.29, 1.82) is 0 Å². The van der Waals surface area contributed by atoms with Crippen LogP contribution in [0.3, 0.4) is 0 Å². The van der Waals surface area contributed by atoms with E-state index in [-0.39, 0.29) is 13.2 Å². The maximum absolute atomic E-state index is 13.6. The monoisotopic (exact) mass is 510 g/mol. The van der Waals surface area contributed by atoms with Gasteiger partial charge in [0.1, 0.15) is 17.1 Å². The van der Waals surface area contributed by atoms with Gasteiger partial charge in [-0.1, -0.05) is 24.3 Å². The summed E-state index contributed by atoms with van der Waals surface area (Å²) in [5, 5.41) is 19.6. The molecule has 6 rings (SSSR count). The third-order valence-electron chi connectivity index (χ3n) is 7.20. The Morgan fingerprint density at radius 1 is 1.16 bits per heavy atom. The van der Waals surface area contributed by atoms with Crippen LogP contribution < -0.4 is 10.1 Å². The number of hydrogen-bond donors (Lipinski definition) is 3. The van der Waals surface area contributed by atoms with Crippen molar-refractivity contribution in [3.63, 3.8) is 0 Å². The van der Waals surface area contributed by atoms with Crippen molar-refractivity contribution < 1.29 is 19.4 Å². The molecule has 1 aromatic carbocycles. The Morgan fingerprint density at radius 2 is 2.05 bits per heavy atom. The number of pyridine rings is 2. The first-order valence-corrected chi connectivity index (χ1v) is 12.4. The molecular weight excluding hydrogens is 484 g/mol. The fraction of sp³-hybridized carbons (Fsp3) is 0.250. The highest BCUT2D eigenvalue weighted by molar-refractivity contribution is 6.38. The lowest BCUT2D eigenvalue weighted by atomic mass is 9.91. The van der Waals surface area contributed by atoms with E-state index in [2.05, 4.69) is 25.5 Å². The number of nitrogens with one attached hydrogen (secondary N) is 2. The van der Waals surface area contributed by atoms with Crippen molar-refractivity contribution in [2.75, 3.05) is 25.5 Å². The van der Waals surface area contributed by atoms with E-state index in [4.69, 9.17) is 4.74 Å². The minimum atomic E-state index is -0.716. The van der Waals surface area contributed by atoms with Gasteiger partial charge in [-0.3, -0.25) is 19.7 Å². The summed E-state index contributed by atoms with van der Waals surface area (Å²) < 4.78 is 5.53. The number of methoxy groups -OCH3 is 1. The second-order valence-corrected chi connectivity index (χ2v) is 9.33. The Kier molecular flexibility index (Phi) is 6.09. The van der Waals surface area contributed by atoms with Crippen LogP contribution >= 0.6 is 0 Å².